The molecule has 148 valence electrons. The number of nitrogens with zero attached hydrogens (tertiary/aromatic N) is 1. The minimum Gasteiger partial charge on any atom is -0.465 e. The highest BCUT2D eigenvalue weighted by molar-refractivity contribution is 6.07. The predicted molar refractivity (Wildman–Crippen MR) is 91.1 cm³/mol. The number of rotatable bonds is 9. The van der Waals surface area contributed by atoms with Gasteiger partial charge in [-0.15, -0.1) is 0 Å². The summed E-state index contributed by atoms with van der Waals surface area (Å²) in [5, 5.41) is 13.5. The van der Waals surface area contributed by atoms with E-state index in [-0.39, 0.29) is 24.5 Å². The molecule has 0 aliphatic carbocycles. The van der Waals surface area contributed by atoms with Gasteiger partial charge >= 0.3 is 23.6 Å². The molecule has 0 aliphatic rings. The molecule has 0 spiro atoms. The molecule has 0 unspecified atom stereocenters. The summed E-state index contributed by atoms with van der Waals surface area (Å²) in [7, 11) is 2.14. The number of methoxy groups -OCH3 is 2. The van der Waals surface area contributed by atoms with Crippen LogP contribution in [-0.2, 0) is 28.5 Å². The standard InChI is InChI=1S/C16H20N2O9/c1-5-26-14(20)16(25-4,15(21)27-6-2)17-12-9-10(18(22)23)7-8-11(12)13(19)24-3/h7-9,17H,5-6H2,1-4H3. The van der Waals surface area contributed by atoms with Crippen LogP contribution in [0.2, 0.25) is 0 Å². The van der Waals surface area contributed by atoms with Crippen LogP contribution in [0.3, 0.4) is 0 Å². The van der Waals surface area contributed by atoms with Crippen LogP contribution in [0, 0.1) is 10.1 Å². The van der Waals surface area contributed by atoms with Crippen molar-refractivity contribution >= 4 is 29.3 Å². The lowest BCUT2D eigenvalue weighted by Crippen LogP contribution is -2.57. The zero-order valence-electron chi connectivity index (χ0n) is 15.3. The summed E-state index contributed by atoms with van der Waals surface area (Å²) in [6, 6.07) is 3.14. The third kappa shape index (κ3) is 4.70. The van der Waals surface area contributed by atoms with Crippen LogP contribution >= 0.6 is 0 Å². The molecule has 27 heavy (non-hydrogen) atoms. The van der Waals surface area contributed by atoms with Crippen LogP contribution in [0.15, 0.2) is 18.2 Å². The van der Waals surface area contributed by atoms with Gasteiger partial charge in [-0.1, -0.05) is 0 Å². The van der Waals surface area contributed by atoms with Crippen molar-refractivity contribution in [3.05, 3.63) is 33.9 Å². The van der Waals surface area contributed by atoms with E-state index in [0.717, 1.165) is 32.4 Å². The molecule has 0 radical (unpaired) electrons. The van der Waals surface area contributed by atoms with Gasteiger partial charge < -0.3 is 24.3 Å². The fourth-order valence-corrected chi connectivity index (χ4v) is 2.10. The van der Waals surface area contributed by atoms with E-state index in [2.05, 4.69) is 10.1 Å². The van der Waals surface area contributed by atoms with Gasteiger partial charge in [0.2, 0.25) is 0 Å². The molecule has 0 saturated carbocycles. The Morgan fingerprint density at radius 3 is 2.07 bits per heavy atom. The van der Waals surface area contributed by atoms with Crippen LogP contribution < -0.4 is 5.32 Å². The monoisotopic (exact) mass is 384 g/mol. The highest BCUT2D eigenvalue weighted by Gasteiger charge is 2.51. The van der Waals surface area contributed by atoms with E-state index < -0.39 is 34.2 Å². The largest absolute Gasteiger partial charge is 0.465 e. The number of hydrogen-bond donors (Lipinski definition) is 1. The molecule has 0 aliphatic heterocycles. The topological polar surface area (TPSA) is 143 Å². The lowest BCUT2D eigenvalue weighted by molar-refractivity contribution is -0.384. The Morgan fingerprint density at radius 1 is 1.11 bits per heavy atom. The van der Waals surface area contributed by atoms with Crippen molar-refractivity contribution in [1.82, 2.24) is 0 Å². The molecule has 1 rings (SSSR count). The van der Waals surface area contributed by atoms with E-state index in [0.29, 0.717) is 0 Å². The number of ether oxygens (including phenoxy) is 4. The summed E-state index contributed by atoms with van der Waals surface area (Å²) in [5.41, 5.74) is -3.30. The summed E-state index contributed by atoms with van der Waals surface area (Å²) in [4.78, 5) is 47.2. The molecular weight excluding hydrogens is 364 g/mol. The third-order valence-electron chi connectivity index (χ3n) is 3.36. The van der Waals surface area contributed by atoms with Crippen molar-refractivity contribution in [2.75, 3.05) is 32.8 Å². The van der Waals surface area contributed by atoms with Crippen molar-refractivity contribution in [3.8, 4) is 0 Å². The first-order chi connectivity index (χ1) is 12.8. The van der Waals surface area contributed by atoms with E-state index in [1.807, 2.05) is 0 Å². The van der Waals surface area contributed by atoms with Crippen LogP contribution in [0.5, 0.6) is 0 Å². The van der Waals surface area contributed by atoms with Crippen LogP contribution in [0.25, 0.3) is 0 Å². The van der Waals surface area contributed by atoms with E-state index >= 15 is 0 Å². The van der Waals surface area contributed by atoms with Gasteiger partial charge in [-0.3, -0.25) is 10.1 Å². The number of benzene rings is 1. The molecule has 11 heteroatoms. The molecule has 1 aromatic rings. The molecule has 1 aromatic carbocycles. The Bertz CT molecular complexity index is 715. The fourth-order valence-electron chi connectivity index (χ4n) is 2.10. The summed E-state index contributed by atoms with van der Waals surface area (Å²) in [6.45, 7) is 2.86. The second kappa shape index (κ2) is 9.48. The molecule has 11 nitrogen and oxygen atoms in total. The first kappa shape index (κ1) is 21.8. The van der Waals surface area contributed by atoms with Crippen molar-refractivity contribution in [3.63, 3.8) is 0 Å². The minimum atomic E-state index is -2.48. The highest BCUT2D eigenvalue weighted by Crippen LogP contribution is 2.28. The third-order valence-corrected chi connectivity index (χ3v) is 3.36. The van der Waals surface area contributed by atoms with Gasteiger partial charge in [0, 0.05) is 19.2 Å². The Labute approximate surface area is 154 Å². The molecule has 0 bridgehead atoms. The zero-order valence-corrected chi connectivity index (χ0v) is 15.3. The number of carbonyl (C=O) groups is 3. The lowest BCUT2D eigenvalue weighted by atomic mass is 10.1. The number of nitro groups is 1. The van der Waals surface area contributed by atoms with Crippen LogP contribution in [0.1, 0.15) is 24.2 Å². The smallest absolute Gasteiger partial charge is 0.372 e. The van der Waals surface area contributed by atoms with Gasteiger partial charge in [0.25, 0.3) is 5.69 Å². The number of anilines is 1. The van der Waals surface area contributed by atoms with E-state index in [4.69, 9.17) is 14.2 Å². The van der Waals surface area contributed by atoms with Crippen molar-refractivity contribution < 1.29 is 38.3 Å². The van der Waals surface area contributed by atoms with Crippen LogP contribution in [0.4, 0.5) is 11.4 Å². The Kier molecular flexibility index (Phi) is 7.66. The molecule has 1 N–H and O–H groups in total. The predicted octanol–water partition coefficient (Wildman–Crippen LogP) is 1.26. The number of carbonyl (C=O) groups excluding carboxylic acids is 3. The second-order valence-corrected chi connectivity index (χ2v) is 4.93. The minimum absolute atomic E-state index is 0.0795. The molecule has 0 heterocycles. The maximum absolute atomic E-state index is 12.4. The fraction of sp³-hybridized carbons (Fsp3) is 0.438. The average molecular weight is 384 g/mol. The Balaban J connectivity index is 3.56. The molecular formula is C16H20N2O9. The van der Waals surface area contributed by atoms with Gasteiger partial charge in [0.1, 0.15) is 0 Å². The van der Waals surface area contributed by atoms with Gasteiger partial charge in [0.15, 0.2) is 0 Å². The SMILES string of the molecule is CCOC(=O)C(Nc1cc([N+](=O)[O-])ccc1C(=O)OC)(OC)C(=O)OCC. The molecule has 0 atom stereocenters. The average Bonchev–Trinajstić information content (AvgIpc) is 2.65. The molecule has 0 fully saturated rings. The number of hydrogen-bond acceptors (Lipinski definition) is 10. The summed E-state index contributed by atoms with van der Waals surface area (Å²) < 4.78 is 19.4. The summed E-state index contributed by atoms with van der Waals surface area (Å²) in [6.07, 6.45) is 0. The number of non-ortho nitro benzene ring substituents is 1. The lowest BCUT2D eigenvalue weighted by Gasteiger charge is -2.29. The normalized spacial score (nSPS) is 10.7. The van der Waals surface area contributed by atoms with E-state index in [1.165, 1.54) is 13.8 Å². The van der Waals surface area contributed by atoms with Crippen molar-refractivity contribution in [2.45, 2.75) is 19.6 Å². The van der Waals surface area contributed by atoms with E-state index in [9.17, 15) is 24.5 Å². The maximum Gasteiger partial charge on any atom is 0.372 e. The zero-order chi connectivity index (χ0) is 20.6. The van der Waals surface area contributed by atoms with Gasteiger partial charge in [-0.25, -0.2) is 14.4 Å². The first-order valence-corrected chi connectivity index (χ1v) is 7.81. The highest BCUT2D eigenvalue weighted by atomic mass is 16.6. The second-order valence-electron chi connectivity index (χ2n) is 4.93. The number of nitrogens with one attached hydrogen (secondary N) is 1. The Hall–Kier alpha value is -3.21. The molecule has 0 aromatic heterocycles. The maximum atomic E-state index is 12.4. The molecule has 0 amide bonds. The van der Waals surface area contributed by atoms with Gasteiger partial charge in [-0.05, 0) is 19.9 Å². The van der Waals surface area contributed by atoms with Crippen LogP contribution in [-0.4, -0.2) is 56.0 Å². The van der Waals surface area contributed by atoms with Gasteiger partial charge in [-0.2, -0.15) is 0 Å². The number of esters is 3. The van der Waals surface area contributed by atoms with Crippen molar-refractivity contribution in [2.24, 2.45) is 0 Å². The summed E-state index contributed by atoms with van der Waals surface area (Å²) in [5.74, 6) is -3.15. The first-order valence-electron chi connectivity index (χ1n) is 7.81. The summed E-state index contributed by atoms with van der Waals surface area (Å²) >= 11 is 0. The number of nitro benzene ring substituents is 1. The Morgan fingerprint density at radius 2 is 1.67 bits per heavy atom. The quantitative estimate of drug-likeness (QED) is 0.165. The van der Waals surface area contributed by atoms with Gasteiger partial charge in [0.05, 0.1) is 36.5 Å². The molecule has 0 saturated heterocycles. The van der Waals surface area contributed by atoms with Crippen molar-refractivity contribution in [1.29, 1.82) is 0 Å². The van der Waals surface area contributed by atoms with E-state index in [1.54, 1.807) is 0 Å².